The van der Waals surface area contributed by atoms with Gasteiger partial charge >= 0.3 is 0 Å². The fourth-order valence-corrected chi connectivity index (χ4v) is 4.59. The van der Waals surface area contributed by atoms with E-state index in [1.165, 1.54) is 56.9 Å². The predicted octanol–water partition coefficient (Wildman–Crippen LogP) is 7.38. The minimum atomic E-state index is 0.485. The van der Waals surface area contributed by atoms with Crippen molar-refractivity contribution in [2.24, 2.45) is 5.92 Å². The quantitative estimate of drug-likeness (QED) is 0.309. The van der Waals surface area contributed by atoms with E-state index in [9.17, 15) is 0 Å². The van der Waals surface area contributed by atoms with Crippen LogP contribution >= 0.6 is 0 Å². The number of hydrogen-bond acceptors (Lipinski definition) is 4. The number of unbranched alkanes of at least 4 members (excludes halogenated alkanes) is 7. The Kier molecular flexibility index (Phi) is 10.5. The molecule has 4 heteroatoms. The second kappa shape index (κ2) is 13.9. The summed E-state index contributed by atoms with van der Waals surface area (Å²) >= 11 is 0. The molecule has 0 radical (unpaired) electrons. The molecule has 0 spiro atoms. The fourth-order valence-electron chi connectivity index (χ4n) is 4.59. The summed E-state index contributed by atoms with van der Waals surface area (Å²) in [5.74, 6) is 2.94. The summed E-state index contributed by atoms with van der Waals surface area (Å²) in [6.07, 6.45) is 20.6. The third-order valence-corrected chi connectivity index (χ3v) is 6.73. The van der Waals surface area contributed by atoms with Crippen LogP contribution in [0.5, 0.6) is 5.75 Å². The second-order valence-electron chi connectivity index (χ2n) is 9.34. The fraction of sp³-hybridized carbons (Fsp3) is 0.607. The van der Waals surface area contributed by atoms with Crippen molar-refractivity contribution in [2.75, 3.05) is 6.61 Å². The van der Waals surface area contributed by atoms with Gasteiger partial charge in [-0.15, -0.1) is 0 Å². The van der Waals surface area contributed by atoms with Gasteiger partial charge in [0.2, 0.25) is 0 Å². The topological polar surface area (TPSA) is 58.8 Å². The Morgan fingerprint density at radius 2 is 1.50 bits per heavy atom. The highest BCUT2D eigenvalue weighted by molar-refractivity contribution is 5.34. The van der Waals surface area contributed by atoms with Gasteiger partial charge in [-0.25, -0.2) is 9.97 Å². The number of hydrogen-bond donors (Lipinski definition) is 0. The van der Waals surface area contributed by atoms with E-state index in [2.05, 4.69) is 25.4 Å². The van der Waals surface area contributed by atoms with Gasteiger partial charge in [0.25, 0.3) is 0 Å². The maximum atomic E-state index is 8.88. The lowest BCUT2D eigenvalue weighted by Gasteiger charge is -2.27. The molecule has 1 heterocycles. The Morgan fingerprint density at radius 1 is 0.875 bits per heavy atom. The molecule has 0 bridgehead atoms. The first-order valence-electron chi connectivity index (χ1n) is 12.7. The molecule has 3 rings (SSSR count). The molecule has 0 unspecified atom stereocenters. The van der Waals surface area contributed by atoms with Gasteiger partial charge in [-0.2, -0.15) is 5.26 Å². The largest absolute Gasteiger partial charge is 0.493 e. The molecule has 1 aliphatic rings. The lowest BCUT2D eigenvalue weighted by atomic mass is 9.82. The third kappa shape index (κ3) is 8.26. The summed E-state index contributed by atoms with van der Waals surface area (Å²) in [4.78, 5) is 9.43. The number of ether oxygens (including phenoxy) is 1. The van der Waals surface area contributed by atoms with Crippen LogP contribution in [0.3, 0.4) is 0 Å². The first kappa shape index (κ1) is 24.2. The maximum Gasteiger partial charge on any atom is 0.131 e. The standard InChI is InChI=1S/C28H39N3O/c1-2-3-4-5-6-7-8-9-10-25-20-30-28(31-21-25)26-15-11-24(12-16-26)22-32-27-17-13-23(19-29)14-18-27/h13-14,17-18,20-21,24,26H,2-12,15-16,22H2,1H3/t24-,26-. The van der Waals surface area contributed by atoms with Crippen LogP contribution in [-0.2, 0) is 6.42 Å². The monoisotopic (exact) mass is 433 g/mol. The maximum absolute atomic E-state index is 8.88. The van der Waals surface area contributed by atoms with Crippen molar-refractivity contribution in [1.29, 1.82) is 5.26 Å². The van der Waals surface area contributed by atoms with Gasteiger partial charge in [0.1, 0.15) is 11.6 Å². The average molecular weight is 434 g/mol. The van der Waals surface area contributed by atoms with Crippen LogP contribution in [0.25, 0.3) is 0 Å². The molecule has 1 aliphatic carbocycles. The van der Waals surface area contributed by atoms with Crippen LogP contribution in [-0.4, -0.2) is 16.6 Å². The van der Waals surface area contributed by atoms with E-state index in [-0.39, 0.29) is 0 Å². The van der Waals surface area contributed by atoms with Gasteiger partial charge in [-0.1, -0.05) is 51.9 Å². The molecule has 1 saturated carbocycles. The minimum Gasteiger partial charge on any atom is -0.493 e. The smallest absolute Gasteiger partial charge is 0.131 e. The Balaban J connectivity index is 1.31. The second-order valence-corrected chi connectivity index (χ2v) is 9.34. The molecule has 32 heavy (non-hydrogen) atoms. The Bertz CT molecular complexity index is 802. The zero-order chi connectivity index (χ0) is 22.4. The summed E-state index contributed by atoms with van der Waals surface area (Å²) in [6.45, 7) is 3.02. The van der Waals surface area contributed by atoms with Crippen molar-refractivity contribution in [3.63, 3.8) is 0 Å². The van der Waals surface area contributed by atoms with Crippen molar-refractivity contribution in [3.8, 4) is 11.8 Å². The van der Waals surface area contributed by atoms with Gasteiger partial charge in [-0.3, -0.25) is 0 Å². The van der Waals surface area contributed by atoms with E-state index in [0.717, 1.165) is 50.3 Å². The number of rotatable bonds is 13. The molecule has 0 aliphatic heterocycles. The highest BCUT2D eigenvalue weighted by atomic mass is 16.5. The van der Waals surface area contributed by atoms with E-state index >= 15 is 0 Å². The molecule has 172 valence electrons. The van der Waals surface area contributed by atoms with Crippen molar-refractivity contribution >= 4 is 0 Å². The van der Waals surface area contributed by atoms with E-state index in [4.69, 9.17) is 20.0 Å². The summed E-state index contributed by atoms with van der Waals surface area (Å²) in [7, 11) is 0. The van der Waals surface area contributed by atoms with Crippen LogP contribution in [0.4, 0.5) is 0 Å². The minimum absolute atomic E-state index is 0.485. The van der Waals surface area contributed by atoms with Gasteiger partial charge in [0.05, 0.1) is 18.2 Å². The van der Waals surface area contributed by atoms with Crippen molar-refractivity contribution in [1.82, 2.24) is 9.97 Å². The van der Waals surface area contributed by atoms with Crippen LogP contribution < -0.4 is 4.74 Å². The van der Waals surface area contributed by atoms with Gasteiger partial charge in [0.15, 0.2) is 0 Å². The van der Waals surface area contributed by atoms with Crippen molar-refractivity contribution < 1.29 is 4.74 Å². The lowest BCUT2D eigenvalue weighted by molar-refractivity contribution is 0.198. The van der Waals surface area contributed by atoms with E-state index in [1.54, 1.807) is 0 Å². The van der Waals surface area contributed by atoms with Crippen LogP contribution in [0.2, 0.25) is 0 Å². The SMILES string of the molecule is CCCCCCCCCCc1cnc([C@H]2CC[C@H](COc3ccc(C#N)cc3)CC2)nc1. The number of aromatic nitrogens is 2. The Morgan fingerprint density at radius 3 is 2.12 bits per heavy atom. The molecular weight excluding hydrogens is 394 g/mol. The van der Waals surface area contributed by atoms with Crippen molar-refractivity contribution in [2.45, 2.75) is 96.3 Å². The average Bonchev–Trinajstić information content (AvgIpc) is 2.85. The van der Waals surface area contributed by atoms with Gasteiger partial charge in [-0.05, 0) is 74.3 Å². The van der Waals surface area contributed by atoms with Crippen molar-refractivity contribution in [3.05, 3.63) is 53.6 Å². The Hall–Kier alpha value is -2.41. The summed E-state index contributed by atoms with van der Waals surface area (Å²) in [5, 5.41) is 8.88. The molecule has 0 atom stereocenters. The van der Waals surface area contributed by atoms with E-state index in [0.29, 0.717) is 17.4 Å². The van der Waals surface area contributed by atoms with Gasteiger partial charge < -0.3 is 4.74 Å². The van der Waals surface area contributed by atoms with Crippen LogP contribution in [0, 0.1) is 17.2 Å². The molecule has 1 aromatic carbocycles. The molecule has 4 nitrogen and oxygen atoms in total. The van der Waals surface area contributed by atoms with E-state index in [1.807, 2.05) is 24.3 Å². The highest BCUT2D eigenvalue weighted by Crippen LogP contribution is 2.34. The van der Waals surface area contributed by atoms with Crippen LogP contribution in [0.15, 0.2) is 36.7 Å². The molecular formula is C28H39N3O. The zero-order valence-corrected chi connectivity index (χ0v) is 19.8. The highest BCUT2D eigenvalue weighted by Gasteiger charge is 2.24. The predicted molar refractivity (Wildman–Crippen MR) is 130 cm³/mol. The summed E-state index contributed by atoms with van der Waals surface area (Å²) in [5.41, 5.74) is 1.95. The molecule has 2 aromatic rings. The number of aryl methyl sites for hydroxylation is 1. The van der Waals surface area contributed by atoms with E-state index < -0.39 is 0 Å². The first-order chi connectivity index (χ1) is 15.8. The number of nitriles is 1. The molecule has 0 amide bonds. The van der Waals surface area contributed by atoms with Gasteiger partial charge in [0, 0.05) is 18.3 Å². The molecule has 1 fully saturated rings. The number of nitrogens with zero attached hydrogens (tertiary/aromatic N) is 3. The zero-order valence-electron chi connectivity index (χ0n) is 19.8. The summed E-state index contributed by atoms with van der Waals surface area (Å²) < 4.78 is 5.94. The number of benzene rings is 1. The molecule has 0 N–H and O–H groups in total. The lowest BCUT2D eigenvalue weighted by Crippen LogP contribution is -2.20. The van der Waals surface area contributed by atoms with Crippen LogP contribution in [0.1, 0.15) is 107 Å². The molecule has 0 saturated heterocycles. The molecule has 1 aromatic heterocycles. The first-order valence-corrected chi connectivity index (χ1v) is 12.7. The Labute approximate surface area is 194 Å². The summed E-state index contributed by atoms with van der Waals surface area (Å²) in [6, 6.07) is 9.52. The normalized spacial score (nSPS) is 18.2. The third-order valence-electron chi connectivity index (χ3n) is 6.73.